The van der Waals surface area contributed by atoms with Gasteiger partial charge in [-0.25, -0.2) is 0 Å². The standard InChI is InChI=1S/C8H10.C7H10.4C2H6/c1-7-5-3-4-6-8(7)2;1-6-4-3-5-7(6)2;4*1-2/h3-6H,1-2H3;3-4H,5H2,1-2H3;4*1-2H3. The summed E-state index contributed by atoms with van der Waals surface area (Å²) in [5.74, 6) is 0. The van der Waals surface area contributed by atoms with Crippen LogP contribution < -0.4 is 0 Å². The molecule has 23 heavy (non-hydrogen) atoms. The molecule has 0 aliphatic heterocycles. The fraction of sp³-hybridized carbons (Fsp3) is 0.565. The van der Waals surface area contributed by atoms with E-state index < -0.39 is 0 Å². The van der Waals surface area contributed by atoms with E-state index >= 15 is 0 Å². The molecule has 0 nitrogen and oxygen atoms in total. The minimum atomic E-state index is 1.17. The third kappa shape index (κ3) is 18.7. The number of hydrogen-bond acceptors (Lipinski definition) is 0. The van der Waals surface area contributed by atoms with Crippen molar-refractivity contribution in [1.82, 2.24) is 0 Å². The molecule has 1 aliphatic rings. The van der Waals surface area contributed by atoms with Gasteiger partial charge in [0.05, 0.1) is 0 Å². The topological polar surface area (TPSA) is 0 Å². The molecule has 0 fully saturated rings. The zero-order valence-corrected chi connectivity index (χ0v) is 18.2. The van der Waals surface area contributed by atoms with Crippen molar-refractivity contribution in [3.05, 3.63) is 58.7 Å². The normalized spacial score (nSPS) is 10.1. The van der Waals surface area contributed by atoms with Crippen LogP contribution in [0.15, 0.2) is 47.6 Å². The molecular weight excluding hydrogens is 276 g/mol. The number of hydrogen-bond donors (Lipinski definition) is 0. The molecule has 0 radical (unpaired) electrons. The molecule has 0 heterocycles. The van der Waals surface area contributed by atoms with Crippen LogP contribution in [0.1, 0.15) is 86.8 Å². The molecule has 1 aromatic rings. The van der Waals surface area contributed by atoms with Gasteiger partial charge >= 0.3 is 0 Å². The molecule has 0 heteroatoms. The molecule has 0 saturated carbocycles. The highest BCUT2D eigenvalue weighted by Crippen LogP contribution is 2.16. The number of aryl methyl sites for hydroxylation is 2. The van der Waals surface area contributed by atoms with Crippen molar-refractivity contribution in [2.24, 2.45) is 0 Å². The van der Waals surface area contributed by atoms with Gasteiger partial charge in [-0.15, -0.1) is 0 Å². The van der Waals surface area contributed by atoms with Crippen LogP contribution >= 0.6 is 0 Å². The lowest BCUT2D eigenvalue weighted by Gasteiger charge is -1.93. The SMILES string of the molecule is CC.CC.CC.CC.CC1=C(C)CC=C1.Cc1ccccc1C. The minimum Gasteiger partial charge on any atom is -0.0802 e. The van der Waals surface area contributed by atoms with E-state index in [2.05, 4.69) is 64.1 Å². The fourth-order valence-corrected chi connectivity index (χ4v) is 1.38. The molecule has 0 unspecified atom stereocenters. The van der Waals surface area contributed by atoms with Crippen LogP contribution in [0.2, 0.25) is 0 Å². The number of benzene rings is 1. The van der Waals surface area contributed by atoms with Gasteiger partial charge < -0.3 is 0 Å². The van der Waals surface area contributed by atoms with Crippen molar-refractivity contribution in [2.45, 2.75) is 89.5 Å². The van der Waals surface area contributed by atoms with E-state index in [-0.39, 0.29) is 0 Å². The van der Waals surface area contributed by atoms with E-state index in [0.717, 1.165) is 0 Å². The van der Waals surface area contributed by atoms with Crippen LogP contribution in [0.25, 0.3) is 0 Å². The highest BCUT2D eigenvalue weighted by Gasteiger charge is 1.95. The Bertz CT molecular complexity index is 360. The first-order chi connectivity index (χ1) is 11.1. The fourth-order valence-electron chi connectivity index (χ4n) is 1.38. The second kappa shape index (κ2) is 25.6. The Morgan fingerprint density at radius 1 is 0.609 bits per heavy atom. The van der Waals surface area contributed by atoms with Gasteiger partial charge in [-0.3, -0.25) is 0 Å². The smallest absolute Gasteiger partial charge is 0.0133 e. The van der Waals surface area contributed by atoms with Crippen LogP contribution in [0.3, 0.4) is 0 Å². The molecule has 0 N–H and O–H groups in total. The van der Waals surface area contributed by atoms with Gasteiger partial charge in [0.15, 0.2) is 0 Å². The first-order valence-electron chi connectivity index (χ1n) is 9.46. The van der Waals surface area contributed by atoms with Crippen molar-refractivity contribution in [2.75, 3.05) is 0 Å². The summed E-state index contributed by atoms with van der Waals surface area (Å²) in [6, 6.07) is 8.36. The first kappa shape index (κ1) is 29.7. The monoisotopic (exact) mass is 320 g/mol. The van der Waals surface area contributed by atoms with Crippen molar-refractivity contribution < 1.29 is 0 Å². The molecule has 0 saturated heterocycles. The maximum Gasteiger partial charge on any atom is -0.0133 e. The van der Waals surface area contributed by atoms with Crippen LogP contribution in [-0.2, 0) is 0 Å². The minimum absolute atomic E-state index is 1.17. The highest BCUT2D eigenvalue weighted by atomic mass is 14.0. The van der Waals surface area contributed by atoms with E-state index in [4.69, 9.17) is 0 Å². The Kier molecular flexibility index (Phi) is 33.1. The maximum atomic E-state index is 2.20. The maximum absolute atomic E-state index is 2.20. The zero-order chi connectivity index (χ0) is 19.3. The predicted molar refractivity (Wildman–Crippen MR) is 113 cm³/mol. The van der Waals surface area contributed by atoms with Crippen LogP contribution in [0, 0.1) is 13.8 Å². The summed E-state index contributed by atoms with van der Waals surface area (Å²) in [5, 5.41) is 0. The third-order valence-electron chi connectivity index (χ3n) is 2.89. The Labute approximate surface area is 148 Å². The van der Waals surface area contributed by atoms with Gasteiger partial charge in [-0.2, -0.15) is 0 Å². The largest absolute Gasteiger partial charge is 0.0802 e. The summed E-state index contributed by atoms with van der Waals surface area (Å²) in [7, 11) is 0. The summed E-state index contributed by atoms with van der Waals surface area (Å²) in [6.07, 6.45) is 5.55. The van der Waals surface area contributed by atoms with E-state index in [1.165, 1.54) is 28.7 Å². The second-order valence-electron chi connectivity index (χ2n) is 4.15. The van der Waals surface area contributed by atoms with Crippen LogP contribution in [0.5, 0.6) is 0 Å². The second-order valence-corrected chi connectivity index (χ2v) is 4.15. The molecule has 1 aromatic carbocycles. The van der Waals surface area contributed by atoms with Crippen molar-refractivity contribution in [1.29, 1.82) is 0 Å². The molecule has 1 aliphatic carbocycles. The first-order valence-corrected chi connectivity index (χ1v) is 9.46. The third-order valence-corrected chi connectivity index (χ3v) is 2.89. The highest BCUT2D eigenvalue weighted by molar-refractivity contribution is 5.30. The molecule has 0 aromatic heterocycles. The molecule has 136 valence electrons. The number of allylic oxidation sites excluding steroid dienone is 4. The van der Waals surface area contributed by atoms with Gasteiger partial charge in [-0.05, 0) is 45.2 Å². The van der Waals surface area contributed by atoms with Crippen molar-refractivity contribution in [3.63, 3.8) is 0 Å². The summed E-state index contributed by atoms with van der Waals surface area (Å²) in [4.78, 5) is 0. The van der Waals surface area contributed by atoms with E-state index in [0.29, 0.717) is 0 Å². The zero-order valence-electron chi connectivity index (χ0n) is 18.2. The molecule has 2 rings (SSSR count). The van der Waals surface area contributed by atoms with Crippen LogP contribution in [0.4, 0.5) is 0 Å². The van der Waals surface area contributed by atoms with Gasteiger partial charge in [0.2, 0.25) is 0 Å². The lowest BCUT2D eigenvalue weighted by atomic mass is 10.1. The predicted octanol–water partition coefficient (Wildman–Crippen LogP) is 8.69. The van der Waals surface area contributed by atoms with Gasteiger partial charge in [0.25, 0.3) is 0 Å². The Morgan fingerprint density at radius 2 is 0.957 bits per heavy atom. The molecular formula is C23H44. The summed E-state index contributed by atoms with van der Waals surface area (Å²) in [6.45, 7) is 24.6. The average Bonchev–Trinajstić information content (AvgIpc) is 3.01. The average molecular weight is 321 g/mol. The van der Waals surface area contributed by atoms with Gasteiger partial charge in [-0.1, -0.05) is 103 Å². The lowest BCUT2D eigenvalue weighted by molar-refractivity contribution is 1.22. The van der Waals surface area contributed by atoms with E-state index in [9.17, 15) is 0 Å². The summed E-state index contributed by atoms with van der Waals surface area (Å²) in [5.41, 5.74) is 5.69. The van der Waals surface area contributed by atoms with Gasteiger partial charge in [0, 0.05) is 0 Å². The van der Waals surface area contributed by atoms with Crippen molar-refractivity contribution >= 4 is 0 Å². The van der Waals surface area contributed by atoms with Crippen molar-refractivity contribution in [3.8, 4) is 0 Å². The van der Waals surface area contributed by atoms with E-state index in [1.807, 2.05) is 55.4 Å². The lowest BCUT2D eigenvalue weighted by Crippen LogP contribution is -1.74. The summed E-state index contributed by atoms with van der Waals surface area (Å²) < 4.78 is 0. The quantitative estimate of drug-likeness (QED) is 0.448. The molecule has 0 atom stereocenters. The van der Waals surface area contributed by atoms with Gasteiger partial charge in [0.1, 0.15) is 0 Å². The molecule has 0 amide bonds. The number of rotatable bonds is 0. The van der Waals surface area contributed by atoms with Crippen LogP contribution in [-0.4, -0.2) is 0 Å². The van der Waals surface area contributed by atoms with E-state index in [1.54, 1.807) is 0 Å². The molecule has 0 spiro atoms. The Balaban J connectivity index is -0.000000110. The Hall–Kier alpha value is -1.30. The summed E-state index contributed by atoms with van der Waals surface area (Å²) >= 11 is 0. The molecule has 0 bridgehead atoms. The Morgan fingerprint density at radius 3 is 1.09 bits per heavy atom.